The Hall–Kier alpha value is -2.61. The number of carbonyl (C=O) groups is 1. The zero-order valence-corrected chi connectivity index (χ0v) is 16.1. The second-order valence-corrected chi connectivity index (χ2v) is 8.15. The molecule has 9 heteroatoms. The lowest BCUT2D eigenvalue weighted by molar-refractivity contribution is 0.00882. The maximum absolute atomic E-state index is 13.3. The second kappa shape index (κ2) is 6.20. The molecule has 4 heterocycles. The van der Waals surface area contributed by atoms with Crippen LogP contribution < -0.4 is 14.5 Å². The topological polar surface area (TPSA) is 61.8 Å². The van der Waals surface area contributed by atoms with Gasteiger partial charge in [-0.25, -0.2) is 19.2 Å². The molecule has 0 saturated carbocycles. The van der Waals surface area contributed by atoms with Crippen LogP contribution in [0.2, 0.25) is 5.02 Å². The molecule has 0 N–H and O–H groups in total. The number of anilines is 2. The predicted molar refractivity (Wildman–Crippen MR) is 103 cm³/mol. The smallest absolute Gasteiger partial charge is 0.324 e. The number of hydrogen-bond acceptors (Lipinski definition) is 5. The maximum Gasteiger partial charge on any atom is 0.324 e. The van der Waals surface area contributed by atoms with E-state index in [0.29, 0.717) is 48.7 Å². The first kappa shape index (κ1) is 17.5. The Bertz CT molecular complexity index is 957. The predicted octanol–water partition coefficient (Wildman–Crippen LogP) is 2.72. The van der Waals surface area contributed by atoms with Crippen molar-refractivity contribution < 1.29 is 13.9 Å². The van der Waals surface area contributed by atoms with Crippen LogP contribution in [-0.2, 0) is 0 Å². The van der Waals surface area contributed by atoms with Crippen molar-refractivity contribution in [3.05, 3.63) is 40.9 Å². The summed E-state index contributed by atoms with van der Waals surface area (Å²) in [7, 11) is 0. The van der Waals surface area contributed by atoms with Crippen LogP contribution in [0.3, 0.4) is 0 Å². The standard InChI is InChI=1S/C19H19ClFN5O2/c1-12-14(21)7-22-17(23-12)24-8-19(9-24)10-25(11-19)18(27)26-4-5-28-16-6-13(20)2-3-15(16)26/h2-3,6-7H,4-5,8-11H2,1H3. The highest BCUT2D eigenvalue weighted by Crippen LogP contribution is 2.42. The Kier molecular flexibility index (Phi) is 3.87. The molecule has 0 bridgehead atoms. The third kappa shape index (κ3) is 2.74. The quantitative estimate of drug-likeness (QED) is 0.732. The van der Waals surface area contributed by atoms with Crippen LogP contribution in [0.4, 0.5) is 20.8 Å². The van der Waals surface area contributed by atoms with Crippen molar-refractivity contribution in [1.82, 2.24) is 14.9 Å². The third-order valence-corrected chi connectivity index (χ3v) is 5.82. The molecular weight excluding hydrogens is 385 g/mol. The lowest BCUT2D eigenvalue weighted by Gasteiger charge is -2.60. The zero-order valence-electron chi connectivity index (χ0n) is 15.4. The molecule has 2 fully saturated rings. The number of benzene rings is 1. The molecule has 0 atom stereocenters. The summed E-state index contributed by atoms with van der Waals surface area (Å²) in [6.45, 7) is 5.55. The highest BCUT2D eigenvalue weighted by molar-refractivity contribution is 6.30. The molecule has 0 radical (unpaired) electrons. The molecule has 7 nitrogen and oxygen atoms in total. The van der Waals surface area contributed by atoms with Gasteiger partial charge in [0, 0.05) is 42.7 Å². The van der Waals surface area contributed by atoms with Gasteiger partial charge in [-0.1, -0.05) is 11.6 Å². The molecule has 2 saturated heterocycles. The highest BCUT2D eigenvalue weighted by Gasteiger charge is 2.54. The summed E-state index contributed by atoms with van der Waals surface area (Å²) in [4.78, 5) is 26.9. The number of carbonyl (C=O) groups excluding carboxylic acids is 1. The van der Waals surface area contributed by atoms with E-state index in [1.54, 1.807) is 24.0 Å². The Morgan fingerprint density at radius 2 is 2.07 bits per heavy atom. The number of amides is 2. The number of ether oxygens (including phenoxy) is 1. The van der Waals surface area contributed by atoms with Crippen molar-refractivity contribution in [1.29, 1.82) is 0 Å². The van der Waals surface area contributed by atoms with Gasteiger partial charge in [0.1, 0.15) is 12.4 Å². The summed E-state index contributed by atoms with van der Waals surface area (Å²) in [6, 6.07) is 5.32. The van der Waals surface area contributed by atoms with Gasteiger partial charge in [0.05, 0.1) is 24.1 Å². The number of nitrogens with zero attached hydrogens (tertiary/aromatic N) is 5. The zero-order chi connectivity index (χ0) is 19.5. The van der Waals surface area contributed by atoms with Crippen LogP contribution in [0.25, 0.3) is 0 Å². The molecule has 2 amide bonds. The van der Waals surface area contributed by atoms with Gasteiger partial charge in [0.25, 0.3) is 0 Å². The van der Waals surface area contributed by atoms with E-state index in [9.17, 15) is 9.18 Å². The second-order valence-electron chi connectivity index (χ2n) is 7.71. The third-order valence-electron chi connectivity index (χ3n) is 5.58. The largest absolute Gasteiger partial charge is 0.489 e. The minimum atomic E-state index is -0.397. The molecule has 3 aliphatic heterocycles. The average Bonchev–Trinajstić information content (AvgIpc) is 2.61. The number of aryl methyl sites for hydroxylation is 1. The van der Waals surface area contributed by atoms with Crippen molar-refractivity contribution >= 4 is 29.3 Å². The van der Waals surface area contributed by atoms with E-state index in [1.807, 2.05) is 15.9 Å². The van der Waals surface area contributed by atoms with Crippen molar-refractivity contribution in [2.45, 2.75) is 6.92 Å². The lowest BCUT2D eigenvalue weighted by Crippen LogP contribution is -2.74. The molecule has 28 heavy (non-hydrogen) atoms. The first-order valence-electron chi connectivity index (χ1n) is 9.17. The number of halogens is 2. The van der Waals surface area contributed by atoms with Gasteiger partial charge < -0.3 is 14.5 Å². The van der Waals surface area contributed by atoms with Gasteiger partial charge >= 0.3 is 6.03 Å². The normalized spacial score (nSPS) is 19.6. The average molecular weight is 404 g/mol. The molecule has 0 unspecified atom stereocenters. The van der Waals surface area contributed by atoms with E-state index in [0.717, 1.165) is 18.8 Å². The fourth-order valence-corrected chi connectivity index (χ4v) is 4.32. The van der Waals surface area contributed by atoms with E-state index in [1.165, 1.54) is 6.20 Å². The first-order chi connectivity index (χ1) is 13.4. The van der Waals surface area contributed by atoms with E-state index in [4.69, 9.17) is 16.3 Å². The van der Waals surface area contributed by atoms with Gasteiger partial charge in [-0.2, -0.15) is 0 Å². The summed E-state index contributed by atoms with van der Waals surface area (Å²) < 4.78 is 19.0. The Balaban J connectivity index is 1.22. The molecule has 1 aromatic carbocycles. The van der Waals surface area contributed by atoms with Crippen LogP contribution in [0.5, 0.6) is 5.75 Å². The van der Waals surface area contributed by atoms with E-state index < -0.39 is 5.82 Å². The van der Waals surface area contributed by atoms with E-state index in [2.05, 4.69) is 9.97 Å². The minimum absolute atomic E-state index is 0.00942. The Morgan fingerprint density at radius 3 is 2.82 bits per heavy atom. The van der Waals surface area contributed by atoms with Gasteiger partial charge in [-0.3, -0.25) is 4.90 Å². The minimum Gasteiger partial charge on any atom is -0.489 e. The molecule has 1 aromatic heterocycles. The van der Waals surface area contributed by atoms with Crippen molar-refractivity contribution in [3.8, 4) is 5.75 Å². The van der Waals surface area contributed by atoms with Crippen molar-refractivity contribution in [2.75, 3.05) is 49.1 Å². The number of urea groups is 1. The molecule has 2 aromatic rings. The molecule has 0 aliphatic carbocycles. The molecule has 3 aliphatic rings. The monoisotopic (exact) mass is 403 g/mol. The summed E-state index contributed by atoms with van der Waals surface area (Å²) in [5.41, 5.74) is 1.19. The summed E-state index contributed by atoms with van der Waals surface area (Å²) in [6.07, 6.45) is 1.21. The van der Waals surface area contributed by atoms with Gasteiger partial charge in [-0.05, 0) is 19.1 Å². The van der Waals surface area contributed by atoms with Gasteiger partial charge in [0.2, 0.25) is 5.95 Å². The van der Waals surface area contributed by atoms with Crippen LogP contribution in [0.1, 0.15) is 5.69 Å². The van der Waals surface area contributed by atoms with Crippen molar-refractivity contribution in [3.63, 3.8) is 0 Å². The molecule has 1 spiro atoms. The fourth-order valence-electron chi connectivity index (χ4n) is 4.16. The Labute approximate surface area is 166 Å². The number of rotatable bonds is 1. The highest BCUT2D eigenvalue weighted by atomic mass is 35.5. The van der Waals surface area contributed by atoms with Crippen molar-refractivity contribution in [2.24, 2.45) is 5.41 Å². The summed E-state index contributed by atoms with van der Waals surface area (Å²) >= 11 is 6.02. The number of hydrogen-bond donors (Lipinski definition) is 0. The van der Waals surface area contributed by atoms with Gasteiger partial charge in [0.15, 0.2) is 5.82 Å². The Morgan fingerprint density at radius 1 is 1.29 bits per heavy atom. The number of likely N-dealkylation sites (tertiary alicyclic amines) is 1. The fraction of sp³-hybridized carbons (Fsp3) is 0.421. The van der Waals surface area contributed by atoms with Crippen LogP contribution in [0.15, 0.2) is 24.4 Å². The molecular formula is C19H19ClFN5O2. The van der Waals surface area contributed by atoms with Gasteiger partial charge in [-0.15, -0.1) is 0 Å². The summed E-state index contributed by atoms with van der Waals surface area (Å²) in [5, 5.41) is 0.587. The van der Waals surface area contributed by atoms with Crippen LogP contribution >= 0.6 is 11.6 Å². The van der Waals surface area contributed by atoms with Crippen LogP contribution in [-0.4, -0.2) is 60.2 Å². The molecule has 5 rings (SSSR count). The summed E-state index contributed by atoms with van der Waals surface area (Å²) in [5.74, 6) is 0.792. The SMILES string of the molecule is Cc1nc(N2CC3(CN(C(=O)N4CCOc5cc(Cl)ccc54)C3)C2)ncc1F. The lowest BCUT2D eigenvalue weighted by atomic mass is 9.73. The first-order valence-corrected chi connectivity index (χ1v) is 9.55. The number of fused-ring (bicyclic) bond motifs is 1. The maximum atomic E-state index is 13.3. The van der Waals surface area contributed by atoms with Crippen LogP contribution in [0, 0.1) is 18.2 Å². The molecule has 146 valence electrons. The number of aromatic nitrogens is 2. The van der Waals surface area contributed by atoms with E-state index >= 15 is 0 Å². The van der Waals surface area contributed by atoms with E-state index in [-0.39, 0.29) is 11.4 Å².